The molecule has 9 heteroatoms. The van der Waals surface area contributed by atoms with E-state index in [2.05, 4.69) is 10.6 Å². The molecule has 0 aliphatic heterocycles. The van der Waals surface area contributed by atoms with Gasteiger partial charge in [-0.05, 0) is 59.1 Å². The Labute approximate surface area is 202 Å². The number of rotatable bonds is 11. The first-order chi connectivity index (χ1) is 15.8. The molecule has 0 saturated heterocycles. The zero-order valence-corrected chi connectivity index (χ0v) is 21.4. The van der Waals surface area contributed by atoms with Crippen LogP contribution >= 0.6 is 0 Å². The number of amides is 4. The fourth-order valence-corrected chi connectivity index (χ4v) is 3.51. The minimum Gasteiger partial charge on any atom is -0.444 e. The molecule has 0 spiro atoms. The Bertz CT molecular complexity index is 863. The Morgan fingerprint density at radius 1 is 1.12 bits per heavy atom. The predicted molar refractivity (Wildman–Crippen MR) is 131 cm³/mol. The Balaban J connectivity index is 3.43. The number of primary amides is 1. The Hall–Kier alpha value is -3.10. The van der Waals surface area contributed by atoms with Crippen LogP contribution in [0.2, 0.25) is 0 Å². The standard InChI is InChI=1S/C25H40N4O5/c1-8-9-14-27-22(31)21(18-13-11-10-12-17(18)4)29(16(2)3)23(32)19(15-20(26)30)28-24(33)34-25(5,6)7/h10-13,16,19,21H,8-9,14-15H2,1-7H3,(H2,26,30)(H,27,31)(H,28,33). The number of nitrogens with two attached hydrogens (primary N) is 1. The van der Waals surface area contributed by atoms with Gasteiger partial charge in [0.2, 0.25) is 17.7 Å². The van der Waals surface area contributed by atoms with Crippen LogP contribution in [0.25, 0.3) is 0 Å². The second-order valence-corrected chi connectivity index (χ2v) is 9.61. The molecule has 1 aromatic rings. The molecule has 1 aromatic carbocycles. The molecule has 4 N–H and O–H groups in total. The first-order valence-corrected chi connectivity index (χ1v) is 11.7. The zero-order chi connectivity index (χ0) is 26.1. The van der Waals surface area contributed by atoms with E-state index in [1.807, 2.05) is 26.0 Å². The summed E-state index contributed by atoms with van der Waals surface area (Å²) in [4.78, 5) is 52.7. The minimum atomic E-state index is -1.29. The summed E-state index contributed by atoms with van der Waals surface area (Å²) in [7, 11) is 0. The van der Waals surface area contributed by atoms with Gasteiger partial charge in [0.25, 0.3) is 0 Å². The fraction of sp³-hybridized carbons (Fsp3) is 0.600. The average molecular weight is 477 g/mol. The van der Waals surface area contributed by atoms with Crippen LogP contribution in [0.15, 0.2) is 24.3 Å². The van der Waals surface area contributed by atoms with Crippen molar-refractivity contribution in [3.05, 3.63) is 35.4 Å². The van der Waals surface area contributed by atoms with Crippen LogP contribution in [0.5, 0.6) is 0 Å². The molecule has 0 heterocycles. The van der Waals surface area contributed by atoms with Gasteiger partial charge in [-0.1, -0.05) is 37.6 Å². The van der Waals surface area contributed by atoms with Crippen molar-refractivity contribution in [3.8, 4) is 0 Å². The first kappa shape index (κ1) is 28.9. The largest absolute Gasteiger partial charge is 0.444 e. The van der Waals surface area contributed by atoms with Gasteiger partial charge in [0.15, 0.2) is 0 Å². The molecule has 0 aliphatic rings. The lowest BCUT2D eigenvalue weighted by atomic mass is 9.96. The summed E-state index contributed by atoms with van der Waals surface area (Å²) in [6.07, 6.45) is 0.421. The molecular formula is C25H40N4O5. The number of ether oxygens (including phenoxy) is 1. The van der Waals surface area contributed by atoms with Crippen LogP contribution in [-0.2, 0) is 19.1 Å². The highest BCUT2D eigenvalue weighted by Gasteiger charge is 2.38. The lowest BCUT2D eigenvalue weighted by Gasteiger charge is -2.37. The molecule has 190 valence electrons. The minimum absolute atomic E-state index is 0.333. The van der Waals surface area contributed by atoms with Gasteiger partial charge in [-0.2, -0.15) is 0 Å². The number of benzene rings is 1. The van der Waals surface area contributed by atoms with Gasteiger partial charge >= 0.3 is 6.09 Å². The van der Waals surface area contributed by atoms with E-state index in [9.17, 15) is 19.2 Å². The number of nitrogens with zero attached hydrogens (tertiary/aromatic N) is 1. The van der Waals surface area contributed by atoms with Crippen LogP contribution in [0.4, 0.5) is 4.79 Å². The number of carbonyl (C=O) groups excluding carboxylic acids is 4. The Kier molecular flexibility index (Phi) is 11.0. The lowest BCUT2D eigenvalue weighted by molar-refractivity contribution is -0.145. The molecule has 0 fully saturated rings. The molecule has 0 radical (unpaired) electrons. The molecule has 9 nitrogen and oxygen atoms in total. The molecule has 0 aromatic heterocycles. The topological polar surface area (TPSA) is 131 Å². The van der Waals surface area contributed by atoms with Gasteiger partial charge in [0.1, 0.15) is 17.7 Å². The number of hydrogen-bond acceptors (Lipinski definition) is 5. The van der Waals surface area contributed by atoms with E-state index in [4.69, 9.17) is 10.5 Å². The van der Waals surface area contributed by atoms with Gasteiger partial charge in [-0.3, -0.25) is 14.4 Å². The van der Waals surface area contributed by atoms with E-state index in [0.29, 0.717) is 12.1 Å². The highest BCUT2D eigenvalue weighted by atomic mass is 16.6. The fourth-order valence-electron chi connectivity index (χ4n) is 3.51. The van der Waals surface area contributed by atoms with E-state index in [1.54, 1.807) is 46.8 Å². The summed E-state index contributed by atoms with van der Waals surface area (Å²) in [6.45, 7) is 13.0. The summed E-state index contributed by atoms with van der Waals surface area (Å²) in [5, 5.41) is 5.38. The molecule has 0 aliphatic carbocycles. The summed E-state index contributed by atoms with van der Waals surface area (Å²) < 4.78 is 5.27. The van der Waals surface area contributed by atoms with Crippen LogP contribution in [0, 0.1) is 6.92 Å². The summed E-state index contributed by atoms with van der Waals surface area (Å²) >= 11 is 0. The monoisotopic (exact) mass is 476 g/mol. The van der Waals surface area contributed by atoms with Crippen molar-refractivity contribution in [2.24, 2.45) is 5.73 Å². The van der Waals surface area contributed by atoms with Crippen LogP contribution in [0.1, 0.15) is 78.0 Å². The van der Waals surface area contributed by atoms with Gasteiger partial charge in [-0.15, -0.1) is 0 Å². The number of alkyl carbamates (subject to hydrolysis) is 1. The van der Waals surface area contributed by atoms with E-state index in [-0.39, 0.29) is 5.91 Å². The normalized spacial score (nSPS) is 13.1. The Morgan fingerprint density at radius 3 is 2.24 bits per heavy atom. The summed E-state index contributed by atoms with van der Waals surface area (Å²) in [5.41, 5.74) is 6.08. The van der Waals surface area contributed by atoms with Crippen molar-refractivity contribution < 1.29 is 23.9 Å². The molecule has 4 amide bonds. The maximum Gasteiger partial charge on any atom is 0.408 e. The number of carbonyl (C=O) groups is 4. The molecule has 1 rings (SSSR count). The maximum absolute atomic E-state index is 13.7. The molecule has 34 heavy (non-hydrogen) atoms. The zero-order valence-electron chi connectivity index (χ0n) is 21.4. The van der Waals surface area contributed by atoms with Crippen molar-refractivity contribution in [2.45, 2.75) is 91.5 Å². The third-order valence-corrected chi connectivity index (χ3v) is 5.04. The van der Waals surface area contributed by atoms with Gasteiger partial charge in [0.05, 0.1) is 6.42 Å². The highest BCUT2D eigenvalue weighted by Crippen LogP contribution is 2.27. The van der Waals surface area contributed by atoms with Crippen LogP contribution in [0.3, 0.4) is 0 Å². The Morgan fingerprint density at radius 2 is 1.74 bits per heavy atom. The maximum atomic E-state index is 13.7. The van der Waals surface area contributed by atoms with Crippen molar-refractivity contribution in [1.82, 2.24) is 15.5 Å². The number of nitrogens with one attached hydrogen (secondary N) is 2. The summed E-state index contributed by atoms with van der Waals surface area (Å²) in [5.74, 6) is -1.70. The van der Waals surface area contributed by atoms with Crippen LogP contribution in [-0.4, -0.2) is 52.9 Å². The van der Waals surface area contributed by atoms with E-state index >= 15 is 0 Å². The van der Waals surface area contributed by atoms with Gasteiger partial charge in [-0.25, -0.2) is 4.79 Å². The smallest absolute Gasteiger partial charge is 0.408 e. The third-order valence-electron chi connectivity index (χ3n) is 5.04. The van der Waals surface area contributed by atoms with Crippen molar-refractivity contribution in [3.63, 3.8) is 0 Å². The van der Waals surface area contributed by atoms with E-state index in [1.165, 1.54) is 4.90 Å². The third kappa shape index (κ3) is 9.03. The van der Waals surface area contributed by atoms with Crippen molar-refractivity contribution in [1.29, 1.82) is 0 Å². The van der Waals surface area contributed by atoms with Crippen molar-refractivity contribution >= 4 is 23.8 Å². The second-order valence-electron chi connectivity index (χ2n) is 9.61. The molecular weight excluding hydrogens is 436 g/mol. The summed E-state index contributed by atoms with van der Waals surface area (Å²) in [6, 6.07) is 4.65. The molecule has 2 atom stereocenters. The quantitative estimate of drug-likeness (QED) is 0.423. The molecule has 0 saturated carbocycles. The highest BCUT2D eigenvalue weighted by molar-refractivity contribution is 5.94. The van der Waals surface area contributed by atoms with E-state index in [0.717, 1.165) is 18.4 Å². The average Bonchev–Trinajstić information content (AvgIpc) is 2.69. The number of hydrogen-bond donors (Lipinski definition) is 3. The molecule has 2 unspecified atom stereocenters. The van der Waals surface area contributed by atoms with Crippen LogP contribution < -0.4 is 16.4 Å². The van der Waals surface area contributed by atoms with E-state index < -0.39 is 48.1 Å². The van der Waals surface area contributed by atoms with Crippen molar-refractivity contribution in [2.75, 3.05) is 6.54 Å². The number of unbranched alkanes of at least 4 members (excludes halogenated alkanes) is 1. The van der Waals surface area contributed by atoms with Gasteiger partial charge in [0, 0.05) is 12.6 Å². The van der Waals surface area contributed by atoms with Gasteiger partial charge < -0.3 is 26.0 Å². The lowest BCUT2D eigenvalue weighted by Crippen LogP contribution is -2.56. The predicted octanol–water partition coefficient (Wildman–Crippen LogP) is 2.96. The first-order valence-electron chi connectivity index (χ1n) is 11.7. The number of aryl methyl sites for hydroxylation is 1. The SMILES string of the molecule is CCCCNC(=O)C(c1ccccc1C)N(C(=O)C(CC(N)=O)NC(=O)OC(C)(C)C)C(C)C. The second kappa shape index (κ2) is 13.0. The molecule has 0 bridgehead atoms.